The molecule has 1 aliphatic rings. The van der Waals surface area contributed by atoms with Gasteiger partial charge in [0.1, 0.15) is 23.0 Å². The molecule has 0 N–H and O–H groups in total. The van der Waals surface area contributed by atoms with Crippen molar-refractivity contribution in [3.63, 3.8) is 0 Å². The van der Waals surface area contributed by atoms with Gasteiger partial charge in [-0.25, -0.2) is 0 Å². The molecule has 0 saturated heterocycles. The van der Waals surface area contributed by atoms with Gasteiger partial charge in [0.25, 0.3) is 0 Å². The van der Waals surface area contributed by atoms with E-state index < -0.39 is 53.9 Å². The third kappa shape index (κ3) is 7.72. The normalized spacial score (nSPS) is 13.3. The minimum absolute atomic E-state index is 0.0408. The fourth-order valence-electron chi connectivity index (χ4n) is 8.89. The summed E-state index contributed by atoms with van der Waals surface area (Å²) in [6.45, 7) is -1.11. The lowest BCUT2D eigenvalue weighted by Crippen LogP contribution is -2.75. The number of benzene rings is 8. The van der Waals surface area contributed by atoms with Crippen LogP contribution in [-0.2, 0) is 40.5 Å². The molecule has 9 rings (SSSR count). The zero-order valence-electron chi connectivity index (χ0n) is 33.4. The largest absolute Gasteiger partial charge is 0.382 e. The average molecular weight is 905 g/mol. The minimum atomic E-state index is -4.01. The Morgan fingerprint density at radius 3 is 0.742 bits per heavy atom. The standard InChI is InChI=1S/C44H34B2O12S4/c1-59(47,48)55-39-21-9-13-27-31(39)25-32-28(14-10-22-40(32)56-60(2,49)50)43(27)45-35-17-5-7-19-37(35)46(38-20-8-6-18-36(38)45)44-29-15-11-23-41(57-61(3,51)52)33(29)26-34-30(44)16-12-24-42(34)58-62(4,53)54/h5-26H,1-4H3. The van der Waals surface area contributed by atoms with Gasteiger partial charge < -0.3 is 16.7 Å². The zero-order chi connectivity index (χ0) is 43.9. The van der Waals surface area contributed by atoms with Crippen molar-refractivity contribution in [3.8, 4) is 23.0 Å². The van der Waals surface area contributed by atoms with E-state index in [0.717, 1.165) is 57.8 Å². The molecule has 0 unspecified atom stereocenters. The van der Waals surface area contributed by atoms with Crippen LogP contribution in [0.4, 0.5) is 0 Å². The highest BCUT2D eigenvalue weighted by Gasteiger charge is 2.41. The third-order valence-corrected chi connectivity index (χ3v) is 12.7. The van der Waals surface area contributed by atoms with Crippen LogP contribution in [-0.4, -0.2) is 72.1 Å². The van der Waals surface area contributed by atoms with Crippen molar-refractivity contribution in [3.05, 3.63) is 133 Å². The van der Waals surface area contributed by atoms with E-state index >= 15 is 0 Å². The lowest BCUT2D eigenvalue weighted by Gasteiger charge is -2.34. The molecule has 1 heterocycles. The Balaban J connectivity index is 1.41. The Bertz CT molecular complexity index is 3200. The van der Waals surface area contributed by atoms with Gasteiger partial charge in [0.15, 0.2) is 0 Å². The molecule has 0 aliphatic carbocycles. The Morgan fingerprint density at radius 2 is 0.532 bits per heavy atom. The molecule has 312 valence electrons. The van der Waals surface area contributed by atoms with Gasteiger partial charge in [-0.2, -0.15) is 33.7 Å². The van der Waals surface area contributed by atoms with E-state index in [1.165, 1.54) is 24.3 Å². The smallest absolute Gasteiger partial charge is 0.306 e. The molecule has 0 aromatic heterocycles. The van der Waals surface area contributed by atoms with Crippen molar-refractivity contribution >= 4 is 130 Å². The lowest BCUT2D eigenvalue weighted by atomic mass is 9.20. The average Bonchev–Trinajstić information content (AvgIpc) is 3.17. The zero-order valence-corrected chi connectivity index (χ0v) is 36.7. The van der Waals surface area contributed by atoms with Crippen LogP contribution in [0.15, 0.2) is 133 Å². The van der Waals surface area contributed by atoms with Crippen molar-refractivity contribution in [1.82, 2.24) is 0 Å². The molecule has 0 saturated carbocycles. The first-order valence-electron chi connectivity index (χ1n) is 19.0. The van der Waals surface area contributed by atoms with E-state index in [4.69, 9.17) is 16.7 Å². The second-order valence-corrected chi connectivity index (χ2v) is 21.6. The Labute approximate surface area is 359 Å². The predicted octanol–water partition coefficient (Wildman–Crippen LogP) is 3.00. The molecule has 62 heavy (non-hydrogen) atoms. The summed E-state index contributed by atoms with van der Waals surface area (Å²) in [6.07, 6.45) is 3.79. The van der Waals surface area contributed by atoms with E-state index in [-0.39, 0.29) is 23.0 Å². The lowest BCUT2D eigenvalue weighted by molar-refractivity contribution is 0.493. The van der Waals surface area contributed by atoms with Gasteiger partial charge in [0.2, 0.25) is 13.4 Å². The number of fused-ring (bicyclic) bond motifs is 6. The molecule has 18 heteroatoms. The first-order chi connectivity index (χ1) is 29.2. The molecule has 12 nitrogen and oxygen atoms in total. The monoisotopic (exact) mass is 904 g/mol. The van der Waals surface area contributed by atoms with Crippen molar-refractivity contribution in [2.75, 3.05) is 25.0 Å². The van der Waals surface area contributed by atoms with Gasteiger partial charge in [0, 0.05) is 21.5 Å². The summed E-state index contributed by atoms with van der Waals surface area (Å²) in [6, 6.07) is 39.4. The molecule has 0 spiro atoms. The van der Waals surface area contributed by atoms with Crippen LogP contribution < -0.4 is 49.5 Å². The quantitative estimate of drug-likeness (QED) is 0.112. The molecule has 8 aromatic rings. The molecule has 0 amide bonds. The minimum Gasteiger partial charge on any atom is -0.382 e. The van der Waals surface area contributed by atoms with E-state index in [1.54, 1.807) is 36.4 Å². The van der Waals surface area contributed by atoms with Crippen molar-refractivity contribution in [2.24, 2.45) is 0 Å². The summed E-state index contributed by atoms with van der Waals surface area (Å²) in [5, 5.41) is 4.18. The third-order valence-electron chi connectivity index (χ3n) is 10.8. The van der Waals surface area contributed by atoms with Gasteiger partial charge in [-0.05, 0) is 57.9 Å². The highest BCUT2D eigenvalue weighted by atomic mass is 32.2. The molecule has 0 fully saturated rings. The number of hydrogen-bond donors (Lipinski definition) is 0. The fraction of sp³-hybridized carbons (Fsp3) is 0.0909. The fourth-order valence-corrected chi connectivity index (χ4v) is 10.8. The summed E-state index contributed by atoms with van der Waals surface area (Å²) in [4.78, 5) is 0. The van der Waals surface area contributed by atoms with Crippen LogP contribution >= 0.6 is 0 Å². The molecular formula is C44H34B2O12S4. The van der Waals surface area contributed by atoms with Crippen LogP contribution in [0.25, 0.3) is 43.1 Å². The molecule has 0 radical (unpaired) electrons. The van der Waals surface area contributed by atoms with Crippen LogP contribution in [0.2, 0.25) is 0 Å². The van der Waals surface area contributed by atoms with Gasteiger partial charge in [-0.3, -0.25) is 0 Å². The first kappa shape index (κ1) is 41.3. The van der Waals surface area contributed by atoms with Crippen molar-refractivity contribution in [1.29, 1.82) is 0 Å². The maximum absolute atomic E-state index is 12.6. The maximum atomic E-state index is 12.6. The molecule has 1 aliphatic heterocycles. The van der Waals surface area contributed by atoms with Crippen molar-refractivity contribution in [2.45, 2.75) is 0 Å². The highest BCUT2D eigenvalue weighted by Crippen LogP contribution is 2.37. The van der Waals surface area contributed by atoms with E-state index in [0.29, 0.717) is 43.1 Å². The predicted molar refractivity (Wildman–Crippen MR) is 247 cm³/mol. The summed E-state index contributed by atoms with van der Waals surface area (Å²) in [5.41, 5.74) is 4.86. The van der Waals surface area contributed by atoms with Crippen molar-refractivity contribution < 1.29 is 50.4 Å². The van der Waals surface area contributed by atoms with Crippen LogP contribution in [0, 0.1) is 0 Å². The maximum Gasteiger partial charge on any atom is 0.306 e. The number of rotatable bonds is 10. The van der Waals surface area contributed by atoms with Crippen LogP contribution in [0.5, 0.6) is 23.0 Å². The topological polar surface area (TPSA) is 173 Å². The van der Waals surface area contributed by atoms with Gasteiger partial charge in [0.05, 0.1) is 25.0 Å². The van der Waals surface area contributed by atoms with Gasteiger partial charge in [-0.15, -0.1) is 0 Å². The SMILES string of the molecule is CS(=O)(=O)Oc1cccc2c(B3c4ccccc4B(c4c5cccc(OS(C)(=O)=O)c5cc5c(OS(C)(=O)=O)cccc45)c4ccccc43)c3cccc(OS(C)(=O)=O)c3cc12. The van der Waals surface area contributed by atoms with E-state index in [9.17, 15) is 33.7 Å². The summed E-state index contributed by atoms with van der Waals surface area (Å²) < 4.78 is 123. The second kappa shape index (κ2) is 14.8. The van der Waals surface area contributed by atoms with E-state index in [2.05, 4.69) is 0 Å². The number of hydrogen-bond acceptors (Lipinski definition) is 12. The summed E-state index contributed by atoms with van der Waals surface area (Å²) >= 11 is 0. The molecular weight excluding hydrogens is 870 g/mol. The summed E-state index contributed by atoms with van der Waals surface area (Å²) in [7, 11) is -16.0. The van der Waals surface area contributed by atoms with Gasteiger partial charge in [-0.1, -0.05) is 130 Å². The summed E-state index contributed by atoms with van der Waals surface area (Å²) in [5.74, 6) is 0.163. The molecule has 0 bridgehead atoms. The second-order valence-electron chi connectivity index (χ2n) is 15.3. The van der Waals surface area contributed by atoms with Crippen LogP contribution in [0.1, 0.15) is 0 Å². The highest BCUT2D eigenvalue weighted by molar-refractivity contribution is 7.87. The van der Waals surface area contributed by atoms with E-state index in [1.807, 2.05) is 72.8 Å². The Hall–Kier alpha value is -6.07. The Morgan fingerprint density at radius 1 is 0.306 bits per heavy atom. The Kier molecular flexibility index (Phi) is 9.85. The molecule has 0 atom stereocenters. The molecule has 8 aromatic carbocycles. The van der Waals surface area contributed by atoms with Crippen LogP contribution in [0.3, 0.4) is 0 Å². The first-order valence-corrected chi connectivity index (χ1v) is 26.2. The van der Waals surface area contributed by atoms with Gasteiger partial charge >= 0.3 is 40.5 Å².